The summed E-state index contributed by atoms with van der Waals surface area (Å²) in [5.74, 6) is 0. The lowest BCUT2D eigenvalue weighted by atomic mass is 10.0. The average Bonchev–Trinajstić information content (AvgIpc) is 2.91. The van der Waals surface area contributed by atoms with Gasteiger partial charge < -0.3 is 5.32 Å². The van der Waals surface area contributed by atoms with Crippen molar-refractivity contribution in [3.05, 3.63) is 20.8 Å². The molecule has 0 aliphatic heterocycles. The number of halogens is 1. The summed E-state index contributed by atoms with van der Waals surface area (Å²) >= 11 is 5.38. The van der Waals surface area contributed by atoms with Gasteiger partial charge in [-0.05, 0) is 52.3 Å². The molecule has 0 aromatic carbocycles. The summed E-state index contributed by atoms with van der Waals surface area (Å²) in [5, 5.41) is 6.00. The van der Waals surface area contributed by atoms with E-state index in [4.69, 9.17) is 0 Å². The maximum absolute atomic E-state index is 3.70. The third kappa shape index (κ3) is 9.00. The Morgan fingerprint density at radius 3 is 2.24 bits per heavy atom. The van der Waals surface area contributed by atoms with E-state index in [1.54, 1.807) is 11.3 Å². The molecule has 0 aliphatic carbocycles. The summed E-state index contributed by atoms with van der Waals surface area (Å²) in [6.07, 6.45) is 13.7. The van der Waals surface area contributed by atoms with Gasteiger partial charge in [0.25, 0.3) is 0 Å². The molecule has 1 nitrogen and oxygen atoms in total. The highest BCUT2D eigenvalue weighted by molar-refractivity contribution is 9.11. The lowest BCUT2D eigenvalue weighted by Gasteiger charge is -2.17. The van der Waals surface area contributed by atoms with E-state index in [1.165, 1.54) is 73.6 Å². The molecular formula is C18H32BrNS. The molecule has 0 spiro atoms. The van der Waals surface area contributed by atoms with Crippen molar-refractivity contribution in [1.82, 2.24) is 5.32 Å². The largest absolute Gasteiger partial charge is 0.310 e. The first-order chi connectivity index (χ1) is 10.3. The van der Waals surface area contributed by atoms with Crippen molar-refractivity contribution in [3.63, 3.8) is 0 Å². The molecule has 0 radical (unpaired) electrons. The van der Waals surface area contributed by atoms with Crippen molar-refractivity contribution in [2.45, 2.75) is 84.1 Å². The fourth-order valence-corrected chi connectivity index (χ4v) is 3.92. The molecule has 0 bridgehead atoms. The number of rotatable bonds is 13. The van der Waals surface area contributed by atoms with Crippen LogP contribution in [0, 0.1) is 0 Å². The minimum absolute atomic E-state index is 0.549. The molecule has 0 fully saturated rings. The zero-order chi connectivity index (χ0) is 15.3. The van der Waals surface area contributed by atoms with E-state index in [0.29, 0.717) is 6.04 Å². The molecule has 0 saturated heterocycles. The topological polar surface area (TPSA) is 12.0 Å². The summed E-state index contributed by atoms with van der Waals surface area (Å²) in [6, 6.07) is 2.83. The molecule has 21 heavy (non-hydrogen) atoms. The van der Waals surface area contributed by atoms with Gasteiger partial charge in [0.1, 0.15) is 0 Å². The molecule has 1 N–H and O–H groups in total. The highest BCUT2D eigenvalue weighted by atomic mass is 79.9. The van der Waals surface area contributed by atoms with Crippen molar-refractivity contribution in [3.8, 4) is 0 Å². The van der Waals surface area contributed by atoms with Crippen LogP contribution in [0.2, 0.25) is 0 Å². The van der Waals surface area contributed by atoms with E-state index in [2.05, 4.69) is 46.5 Å². The molecule has 1 aromatic heterocycles. The van der Waals surface area contributed by atoms with Gasteiger partial charge >= 0.3 is 0 Å². The van der Waals surface area contributed by atoms with Crippen molar-refractivity contribution in [2.24, 2.45) is 0 Å². The number of hydrogen-bond donors (Lipinski definition) is 1. The molecule has 1 unspecified atom stereocenters. The molecule has 1 aromatic rings. The van der Waals surface area contributed by atoms with Crippen LogP contribution in [-0.4, -0.2) is 6.54 Å². The van der Waals surface area contributed by atoms with Gasteiger partial charge in [-0.15, -0.1) is 11.3 Å². The first-order valence-electron chi connectivity index (χ1n) is 8.75. The predicted octanol–water partition coefficient (Wildman–Crippen LogP) is 7.08. The third-order valence-corrected chi connectivity index (χ3v) is 5.50. The van der Waals surface area contributed by atoms with Crippen molar-refractivity contribution >= 4 is 27.3 Å². The number of hydrogen-bond acceptors (Lipinski definition) is 2. The molecule has 1 rings (SSSR count). The van der Waals surface area contributed by atoms with Gasteiger partial charge in [-0.1, -0.05) is 65.2 Å². The standard InChI is InChI=1S/C18H32BrNS/c1-3-5-6-7-8-9-10-11-12-17(20-13-4-2)16-14-18(19)21-15-16/h14-15,17,20H,3-13H2,1-2H3. The fraction of sp³-hybridized carbons (Fsp3) is 0.778. The van der Waals surface area contributed by atoms with Gasteiger partial charge in [-0.3, -0.25) is 0 Å². The van der Waals surface area contributed by atoms with Gasteiger partial charge in [-0.2, -0.15) is 0 Å². The van der Waals surface area contributed by atoms with Gasteiger partial charge in [0.2, 0.25) is 0 Å². The Labute approximate surface area is 144 Å². The lowest BCUT2D eigenvalue weighted by Crippen LogP contribution is -2.21. The number of unbranched alkanes of at least 4 members (excludes halogenated alkanes) is 7. The average molecular weight is 374 g/mol. The van der Waals surface area contributed by atoms with E-state index in [9.17, 15) is 0 Å². The van der Waals surface area contributed by atoms with Gasteiger partial charge in [-0.25, -0.2) is 0 Å². The van der Waals surface area contributed by atoms with Crippen LogP contribution in [0.3, 0.4) is 0 Å². The Balaban J connectivity index is 2.18. The quantitative estimate of drug-likeness (QED) is 0.364. The summed E-state index contributed by atoms with van der Waals surface area (Å²) < 4.78 is 1.25. The van der Waals surface area contributed by atoms with Crippen molar-refractivity contribution < 1.29 is 0 Å². The van der Waals surface area contributed by atoms with E-state index in [0.717, 1.165) is 6.54 Å². The van der Waals surface area contributed by atoms with Crippen molar-refractivity contribution in [1.29, 1.82) is 0 Å². The normalized spacial score (nSPS) is 12.7. The molecule has 0 amide bonds. The molecule has 1 atom stereocenters. The second-order valence-electron chi connectivity index (χ2n) is 5.95. The maximum Gasteiger partial charge on any atom is 0.0701 e. The molecule has 1 heterocycles. The Morgan fingerprint density at radius 1 is 1.00 bits per heavy atom. The smallest absolute Gasteiger partial charge is 0.0701 e. The van der Waals surface area contributed by atoms with Gasteiger partial charge in [0.15, 0.2) is 0 Å². The molecular weight excluding hydrogens is 342 g/mol. The van der Waals surface area contributed by atoms with Crippen LogP contribution in [0.4, 0.5) is 0 Å². The van der Waals surface area contributed by atoms with Crippen LogP contribution in [0.25, 0.3) is 0 Å². The Bertz CT molecular complexity index is 351. The van der Waals surface area contributed by atoms with Crippen LogP contribution in [0.15, 0.2) is 15.2 Å². The van der Waals surface area contributed by atoms with Gasteiger partial charge in [0.05, 0.1) is 3.79 Å². The maximum atomic E-state index is 3.70. The van der Waals surface area contributed by atoms with E-state index in [1.807, 2.05) is 0 Å². The second-order valence-corrected chi connectivity index (χ2v) is 8.24. The van der Waals surface area contributed by atoms with Crippen LogP contribution >= 0.6 is 27.3 Å². The number of nitrogens with one attached hydrogen (secondary N) is 1. The lowest BCUT2D eigenvalue weighted by molar-refractivity contribution is 0.466. The highest BCUT2D eigenvalue weighted by Gasteiger charge is 2.11. The minimum Gasteiger partial charge on any atom is -0.310 e. The van der Waals surface area contributed by atoms with E-state index in [-0.39, 0.29) is 0 Å². The van der Waals surface area contributed by atoms with E-state index < -0.39 is 0 Å². The van der Waals surface area contributed by atoms with Crippen molar-refractivity contribution in [2.75, 3.05) is 6.54 Å². The fourth-order valence-electron chi connectivity index (χ4n) is 2.69. The first kappa shape index (κ1) is 19.2. The Kier molecular flexibility index (Phi) is 11.6. The minimum atomic E-state index is 0.549. The Morgan fingerprint density at radius 2 is 1.67 bits per heavy atom. The third-order valence-electron chi connectivity index (χ3n) is 3.98. The predicted molar refractivity (Wildman–Crippen MR) is 100 cm³/mol. The summed E-state index contributed by atoms with van der Waals surface area (Å²) in [7, 11) is 0. The van der Waals surface area contributed by atoms with Crippen LogP contribution in [0.1, 0.15) is 89.7 Å². The first-order valence-corrected chi connectivity index (χ1v) is 10.4. The summed E-state index contributed by atoms with van der Waals surface area (Å²) in [5.41, 5.74) is 1.46. The zero-order valence-corrected chi connectivity index (χ0v) is 16.2. The van der Waals surface area contributed by atoms with Crippen LogP contribution in [-0.2, 0) is 0 Å². The number of thiophene rings is 1. The molecule has 122 valence electrons. The summed E-state index contributed by atoms with van der Waals surface area (Å²) in [4.78, 5) is 0. The SMILES string of the molecule is CCCCCCCCCCC(NCCC)c1csc(Br)c1. The molecule has 0 aliphatic rings. The van der Waals surface area contributed by atoms with Crippen LogP contribution < -0.4 is 5.32 Å². The monoisotopic (exact) mass is 373 g/mol. The van der Waals surface area contributed by atoms with Crippen LogP contribution in [0.5, 0.6) is 0 Å². The molecule has 0 saturated carbocycles. The molecule has 3 heteroatoms. The second kappa shape index (κ2) is 12.7. The summed E-state index contributed by atoms with van der Waals surface area (Å²) in [6.45, 7) is 5.64. The highest BCUT2D eigenvalue weighted by Crippen LogP contribution is 2.28. The van der Waals surface area contributed by atoms with Gasteiger partial charge in [0, 0.05) is 6.04 Å². The zero-order valence-electron chi connectivity index (χ0n) is 13.8. The van der Waals surface area contributed by atoms with E-state index >= 15 is 0 Å². The Hall–Kier alpha value is 0.140.